The maximum Gasteiger partial charge on any atom is 0.408 e. The molecule has 180 valence electrons. The number of alkyl carbamates (subject to hydrolysis) is 1. The van der Waals surface area contributed by atoms with Gasteiger partial charge in [0, 0.05) is 12.1 Å². The first-order valence-electron chi connectivity index (χ1n) is 11.5. The zero-order chi connectivity index (χ0) is 25.0. The van der Waals surface area contributed by atoms with Crippen LogP contribution in [-0.4, -0.2) is 40.2 Å². The number of pyridine rings is 1. The Labute approximate surface area is 203 Å². The van der Waals surface area contributed by atoms with E-state index < -0.39 is 23.5 Å². The minimum Gasteiger partial charge on any atom is -0.478 e. The summed E-state index contributed by atoms with van der Waals surface area (Å²) in [5, 5.41) is 14.6. The zero-order valence-corrected chi connectivity index (χ0v) is 19.6. The summed E-state index contributed by atoms with van der Waals surface area (Å²) in [6, 6.07) is 17.4. The molecule has 0 spiro atoms. The molecule has 0 radical (unpaired) electrons. The van der Waals surface area contributed by atoms with E-state index >= 15 is 0 Å². The van der Waals surface area contributed by atoms with Crippen molar-refractivity contribution in [1.29, 1.82) is 0 Å². The number of nitrogens with zero attached hydrogens (tertiary/aromatic N) is 1. The average Bonchev–Trinajstić information content (AvgIpc) is 3.20. The third-order valence-corrected chi connectivity index (χ3v) is 6.57. The molecule has 0 fully saturated rings. The number of anilines is 1. The van der Waals surface area contributed by atoms with Crippen LogP contribution in [0.1, 0.15) is 54.1 Å². The highest BCUT2D eigenvalue weighted by Crippen LogP contribution is 2.44. The second kappa shape index (κ2) is 9.97. The van der Waals surface area contributed by atoms with Crippen molar-refractivity contribution in [2.75, 3.05) is 11.9 Å². The normalized spacial score (nSPS) is 12.4. The molecule has 8 heteroatoms. The number of fused-ring (bicyclic) bond motifs is 3. The number of ether oxygens (including phenoxy) is 1. The first-order chi connectivity index (χ1) is 16.9. The maximum absolute atomic E-state index is 13.1. The van der Waals surface area contributed by atoms with Crippen molar-refractivity contribution in [3.63, 3.8) is 0 Å². The number of hydrogen-bond donors (Lipinski definition) is 3. The molecule has 4 rings (SSSR count). The summed E-state index contributed by atoms with van der Waals surface area (Å²) in [5.41, 5.74) is 3.41. The van der Waals surface area contributed by atoms with Gasteiger partial charge in [-0.1, -0.05) is 62.4 Å². The summed E-state index contributed by atoms with van der Waals surface area (Å²) >= 11 is 0. The molecular formula is C27H27N3O5. The van der Waals surface area contributed by atoms with Gasteiger partial charge in [0.1, 0.15) is 12.1 Å². The smallest absolute Gasteiger partial charge is 0.408 e. The van der Waals surface area contributed by atoms with Gasteiger partial charge in [0.2, 0.25) is 5.91 Å². The highest BCUT2D eigenvalue weighted by atomic mass is 16.5. The molecule has 2 aromatic carbocycles. The number of hydrogen-bond acceptors (Lipinski definition) is 5. The molecule has 35 heavy (non-hydrogen) atoms. The van der Waals surface area contributed by atoms with Crippen LogP contribution in [-0.2, 0) is 9.53 Å². The van der Waals surface area contributed by atoms with Crippen LogP contribution in [0.4, 0.5) is 10.5 Å². The third-order valence-electron chi connectivity index (χ3n) is 6.57. The van der Waals surface area contributed by atoms with Crippen LogP contribution in [0.2, 0.25) is 0 Å². The van der Waals surface area contributed by atoms with E-state index in [1.807, 2.05) is 36.4 Å². The van der Waals surface area contributed by atoms with E-state index in [-0.39, 0.29) is 23.8 Å². The molecule has 3 N–H and O–H groups in total. The summed E-state index contributed by atoms with van der Waals surface area (Å²) in [7, 11) is 0. The highest BCUT2D eigenvalue weighted by Gasteiger charge is 2.38. The van der Waals surface area contributed by atoms with Gasteiger partial charge >= 0.3 is 12.1 Å². The fourth-order valence-electron chi connectivity index (χ4n) is 4.51. The van der Waals surface area contributed by atoms with Crippen LogP contribution >= 0.6 is 0 Å². The van der Waals surface area contributed by atoms with E-state index in [2.05, 4.69) is 27.8 Å². The second-order valence-electron chi connectivity index (χ2n) is 8.46. The molecule has 0 unspecified atom stereocenters. The van der Waals surface area contributed by atoms with Crippen LogP contribution in [0, 0.1) is 0 Å². The molecule has 0 saturated carbocycles. The van der Waals surface area contributed by atoms with E-state index in [9.17, 15) is 14.4 Å². The van der Waals surface area contributed by atoms with E-state index in [4.69, 9.17) is 9.84 Å². The molecule has 0 saturated heterocycles. The fourth-order valence-corrected chi connectivity index (χ4v) is 4.51. The highest BCUT2D eigenvalue weighted by molar-refractivity contribution is 6.00. The van der Waals surface area contributed by atoms with Crippen molar-refractivity contribution < 1.29 is 24.2 Å². The zero-order valence-electron chi connectivity index (χ0n) is 19.6. The van der Waals surface area contributed by atoms with E-state index in [1.54, 1.807) is 13.8 Å². The second-order valence-corrected chi connectivity index (χ2v) is 8.46. The number of carboxylic acid groups (broad SMARTS) is 1. The number of aromatic nitrogens is 1. The molecule has 1 aliphatic carbocycles. The molecular weight excluding hydrogens is 446 g/mol. The lowest BCUT2D eigenvalue weighted by Gasteiger charge is -2.31. The van der Waals surface area contributed by atoms with Crippen LogP contribution in [0.3, 0.4) is 0 Å². The Balaban J connectivity index is 1.46. The summed E-state index contributed by atoms with van der Waals surface area (Å²) in [6.45, 7) is 3.72. The Morgan fingerprint density at radius 2 is 1.57 bits per heavy atom. The van der Waals surface area contributed by atoms with Crippen molar-refractivity contribution in [3.05, 3.63) is 83.7 Å². The number of benzene rings is 2. The number of carbonyl (C=O) groups is 3. The Kier molecular flexibility index (Phi) is 6.82. The van der Waals surface area contributed by atoms with Gasteiger partial charge in [0.25, 0.3) is 0 Å². The molecule has 0 aliphatic heterocycles. The van der Waals surface area contributed by atoms with Crippen molar-refractivity contribution in [2.24, 2.45) is 0 Å². The molecule has 1 heterocycles. The Bertz CT molecular complexity index is 1220. The molecule has 2 amide bonds. The summed E-state index contributed by atoms with van der Waals surface area (Å²) in [5.74, 6) is -1.72. The Morgan fingerprint density at radius 3 is 2.14 bits per heavy atom. The van der Waals surface area contributed by atoms with Crippen LogP contribution in [0.25, 0.3) is 11.1 Å². The monoisotopic (exact) mass is 473 g/mol. The van der Waals surface area contributed by atoms with Gasteiger partial charge in [-0.2, -0.15) is 0 Å². The maximum atomic E-state index is 13.1. The van der Waals surface area contributed by atoms with Crippen molar-refractivity contribution in [2.45, 2.75) is 38.1 Å². The molecule has 0 bridgehead atoms. The number of carbonyl (C=O) groups excluding carboxylic acids is 2. The summed E-state index contributed by atoms with van der Waals surface area (Å²) < 4.78 is 5.63. The van der Waals surface area contributed by atoms with Crippen molar-refractivity contribution in [3.8, 4) is 11.1 Å². The molecule has 0 atom stereocenters. The SMILES string of the molecule is CCC(CC)(NC(=O)OCC1c2ccccc2-c2ccccc21)C(=O)Nc1cncc(C(=O)O)c1. The van der Waals surface area contributed by atoms with Gasteiger partial charge < -0.3 is 20.5 Å². The number of carboxylic acids is 1. The first-order valence-corrected chi connectivity index (χ1v) is 11.5. The van der Waals surface area contributed by atoms with E-state index in [0.29, 0.717) is 12.8 Å². The lowest BCUT2D eigenvalue weighted by Crippen LogP contribution is -2.56. The number of aromatic carboxylic acids is 1. The van der Waals surface area contributed by atoms with Gasteiger partial charge in [-0.3, -0.25) is 9.78 Å². The van der Waals surface area contributed by atoms with Crippen molar-refractivity contribution in [1.82, 2.24) is 10.3 Å². The van der Waals surface area contributed by atoms with Gasteiger partial charge in [-0.25, -0.2) is 9.59 Å². The number of rotatable bonds is 8. The Morgan fingerprint density at radius 1 is 0.971 bits per heavy atom. The summed E-state index contributed by atoms with van der Waals surface area (Å²) in [4.78, 5) is 41.1. The first kappa shape index (κ1) is 23.9. The van der Waals surface area contributed by atoms with Crippen LogP contribution < -0.4 is 10.6 Å². The Hall–Kier alpha value is -4.20. The van der Waals surface area contributed by atoms with Gasteiger partial charge in [0.05, 0.1) is 17.4 Å². The van der Waals surface area contributed by atoms with E-state index in [0.717, 1.165) is 22.3 Å². The quantitative estimate of drug-likeness (QED) is 0.432. The molecule has 1 aromatic heterocycles. The number of amides is 2. The predicted molar refractivity (Wildman–Crippen MR) is 131 cm³/mol. The topological polar surface area (TPSA) is 118 Å². The van der Waals surface area contributed by atoms with Crippen molar-refractivity contribution >= 4 is 23.7 Å². The van der Waals surface area contributed by atoms with E-state index in [1.165, 1.54) is 18.5 Å². The minimum absolute atomic E-state index is 0.0501. The molecule has 3 aromatic rings. The number of nitrogens with one attached hydrogen (secondary N) is 2. The minimum atomic E-state index is -1.23. The van der Waals surface area contributed by atoms with Gasteiger partial charge in [0.15, 0.2) is 0 Å². The van der Waals surface area contributed by atoms with Gasteiger partial charge in [-0.15, -0.1) is 0 Å². The lowest BCUT2D eigenvalue weighted by molar-refractivity contribution is -0.122. The average molecular weight is 474 g/mol. The van der Waals surface area contributed by atoms with Crippen LogP contribution in [0.5, 0.6) is 0 Å². The molecule has 8 nitrogen and oxygen atoms in total. The van der Waals surface area contributed by atoms with Gasteiger partial charge in [-0.05, 0) is 41.2 Å². The largest absolute Gasteiger partial charge is 0.478 e. The molecule has 1 aliphatic rings. The lowest BCUT2D eigenvalue weighted by atomic mass is 9.91. The predicted octanol–water partition coefficient (Wildman–Crippen LogP) is 4.82. The standard InChI is InChI=1S/C27H27N3O5/c1-3-27(4-2,25(33)29-18-13-17(24(31)32)14-28-15-18)30-26(34)35-16-23-21-11-7-5-9-19(21)20-10-6-8-12-22(20)23/h5-15,23H,3-4,16H2,1-2H3,(H,29,33)(H,30,34)(H,31,32). The fraction of sp³-hybridized carbons (Fsp3) is 0.259. The summed E-state index contributed by atoms with van der Waals surface area (Å²) in [6.07, 6.45) is 2.48. The van der Waals surface area contributed by atoms with Crippen LogP contribution in [0.15, 0.2) is 67.0 Å². The third kappa shape index (κ3) is 4.73.